The smallest absolute Gasteiger partial charge is 0.328 e. The molecule has 1 rings (SSSR count). The van der Waals surface area contributed by atoms with Gasteiger partial charge in [-0.2, -0.15) is 0 Å². The van der Waals surface area contributed by atoms with E-state index in [1.165, 1.54) is 7.11 Å². The Kier molecular flexibility index (Phi) is 6.84. The first-order chi connectivity index (χ1) is 10.2. The van der Waals surface area contributed by atoms with Crippen LogP contribution in [0.2, 0.25) is 0 Å². The molecule has 0 aromatic heterocycles. The third kappa shape index (κ3) is 6.45. The lowest BCUT2D eigenvalue weighted by molar-refractivity contribution is -0.159. The Bertz CT molecular complexity index is 407. The Balaban J connectivity index is 2.62. The van der Waals surface area contributed by atoms with E-state index >= 15 is 0 Å². The summed E-state index contributed by atoms with van der Waals surface area (Å²) >= 11 is 0. The summed E-state index contributed by atoms with van der Waals surface area (Å²) in [6.45, 7) is 5.25. The molecule has 6 heteroatoms. The third-order valence-electron chi connectivity index (χ3n) is 3.57. The largest absolute Gasteiger partial charge is 0.467 e. The van der Waals surface area contributed by atoms with Crippen LogP contribution in [0.25, 0.3) is 0 Å². The molecular weight excluding hydrogens is 286 g/mol. The number of hydrogen-bond donors (Lipinski definition) is 1. The molecule has 0 radical (unpaired) electrons. The first-order valence-corrected chi connectivity index (χ1v) is 7.83. The van der Waals surface area contributed by atoms with Crippen molar-refractivity contribution in [2.45, 2.75) is 70.9 Å². The van der Waals surface area contributed by atoms with Crippen molar-refractivity contribution in [3.8, 4) is 0 Å². The van der Waals surface area contributed by atoms with Crippen molar-refractivity contribution in [3.63, 3.8) is 0 Å². The summed E-state index contributed by atoms with van der Waals surface area (Å²) in [6, 6.07) is -0.991. The first-order valence-electron chi connectivity index (χ1n) is 7.83. The van der Waals surface area contributed by atoms with Gasteiger partial charge in [-0.1, -0.05) is 19.3 Å². The number of esters is 2. The van der Waals surface area contributed by atoms with Crippen molar-refractivity contribution < 1.29 is 23.9 Å². The highest BCUT2D eigenvalue weighted by Crippen LogP contribution is 2.24. The summed E-state index contributed by atoms with van der Waals surface area (Å²) in [6.07, 6.45) is 4.61. The average molecular weight is 313 g/mol. The van der Waals surface area contributed by atoms with E-state index in [0.29, 0.717) is 0 Å². The summed E-state index contributed by atoms with van der Waals surface area (Å²) in [5.74, 6) is -1.43. The van der Waals surface area contributed by atoms with Crippen LogP contribution in [0.4, 0.5) is 0 Å². The molecule has 1 atom stereocenters. The van der Waals surface area contributed by atoms with Gasteiger partial charge in [0.05, 0.1) is 13.5 Å². The molecule has 1 aliphatic carbocycles. The molecule has 6 nitrogen and oxygen atoms in total. The van der Waals surface area contributed by atoms with Gasteiger partial charge in [-0.05, 0) is 33.6 Å². The van der Waals surface area contributed by atoms with Gasteiger partial charge in [0.2, 0.25) is 5.91 Å². The van der Waals surface area contributed by atoms with Crippen LogP contribution in [-0.2, 0) is 23.9 Å². The molecule has 1 saturated carbocycles. The quantitative estimate of drug-likeness (QED) is 0.785. The molecule has 1 N–H and O–H groups in total. The Labute approximate surface area is 131 Å². The molecule has 0 bridgehead atoms. The molecule has 0 spiro atoms. The molecule has 1 fully saturated rings. The summed E-state index contributed by atoms with van der Waals surface area (Å²) in [7, 11) is 1.23. The molecule has 0 heterocycles. The normalized spacial score (nSPS) is 17.5. The van der Waals surface area contributed by atoms with Gasteiger partial charge in [-0.15, -0.1) is 0 Å². The van der Waals surface area contributed by atoms with Crippen LogP contribution in [0, 0.1) is 5.92 Å². The van der Waals surface area contributed by atoms with Crippen molar-refractivity contribution in [1.29, 1.82) is 0 Å². The van der Waals surface area contributed by atoms with E-state index in [2.05, 4.69) is 10.1 Å². The van der Waals surface area contributed by atoms with Gasteiger partial charge in [-0.25, -0.2) is 4.79 Å². The van der Waals surface area contributed by atoms with Crippen LogP contribution in [-0.4, -0.2) is 36.6 Å². The second-order valence-corrected chi connectivity index (χ2v) is 6.71. The fourth-order valence-corrected chi connectivity index (χ4v) is 2.54. The maximum Gasteiger partial charge on any atom is 0.328 e. The van der Waals surface area contributed by atoms with E-state index in [-0.39, 0.29) is 18.2 Å². The number of ether oxygens (including phenoxy) is 2. The maximum absolute atomic E-state index is 12.2. The minimum absolute atomic E-state index is 0.0838. The number of amides is 1. The van der Waals surface area contributed by atoms with Gasteiger partial charge >= 0.3 is 11.9 Å². The zero-order valence-electron chi connectivity index (χ0n) is 13.9. The average Bonchev–Trinajstić information content (AvgIpc) is 2.44. The van der Waals surface area contributed by atoms with Crippen molar-refractivity contribution in [3.05, 3.63) is 0 Å². The second kappa shape index (κ2) is 8.15. The monoisotopic (exact) mass is 313 g/mol. The van der Waals surface area contributed by atoms with E-state index < -0.39 is 23.6 Å². The highest BCUT2D eigenvalue weighted by atomic mass is 16.6. The van der Waals surface area contributed by atoms with Crippen molar-refractivity contribution in [2.75, 3.05) is 7.11 Å². The Morgan fingerprint density at radius 2 is 1.73 bits per heavy atom. The van der Waals surface area contributed by atoms with E-state index in [4.69, 9.17) is 4.74 Å². The van der Waals surface area contributed by atoms with Crippen LogP contribution in [0.15, 0.2) is 0 Å². The SMILES string of the molecule is COC(=O)[C@H](CC(=O)OC(C)(C)C)NC(=O)C1CCCCC1. The predicted octanol–water partition coefficient (Wildman–Crippen LogP) is 1.96. The Morgan fingerprint density at radius 1 is 1.14 bits per heavy atom. The summed E-state index contributed by atoms with van der Waals surface area (Å²) < 4.78 is 9.86. The molecule has 1 aliphatic rings. The summed E-state index contributed by atoms with van der Waals surface area (Å²) in [5, 5.41) is 2.64. The minimum atomic E-state index is -0.991. The molecule has 0 unspecified atom stereocenters. The standard InChI is InChI=1S/C16H27NO5/c1-16(2,3)22-13(18)10-12(15(20)21-4)17-14(19)11-8-6-5-7-9-11/h11-12H,5-10H2,1-4H3,(H,17,19)/t12-/m0/s1. The number of rotatable bonds is 5. The van der Waals surface area contributed by atoms with Crippen LogP contribution in [0.5, 0.6) is 0 Å². The van der Waals surface area contributed by atoms with Gasteiger partial charge in [0.1, 0.15) is 11.6 Å². The number of carbonyl (C=O) groups is 3. The van der Waals surface area contributed by atoms with Crippen LogP contribution in [0.3, 0.4) is 0 Å². The maximum atomic E-state index is 12.2. The van der Waals surface area contributed by atoms with Gasteiger partial charge in [0.25, 0.3) is 0 Å². The summed E-state index contributed by atoms with van der Waals surface area (Å²) in [4.78, 5) is 35.9. The topological polar surface area (TPSA) is 81.7 Å². The number of methoxy groups -OCH3 is 1. The predicted molar refractivity (Wildman–Crippen MR) is 81.0 cm³/mol. The lowest BCUT2D eigenvalue weighted by atomic mass is 9.88. The van der Waals surface area contributed by atoms with Gasteiger partial charge in [0.15, 0.2) is 0 Å². The first kappa shape index (κ1) is 18.5. The van der Waals surface area contributed by atoms with Crippen molar-refractivity contribution >= 4 is 17.8 Å². The minimum Gasteiger partial charge on any atom is -0.467 e. The van der Waals surface area contributed by atoms with Gasteiger partial charge in [-0.3, -0.25) is 9.59 Å². The lowest BCUT2D eigenvalue weighted by Gasteiger charge is -2.25. The van der Waals surface area contributed by atoms with Crippen LogP contribution >= 0.6 is 0 Å². The fourth-order valence-electron chi connectivity index (χ4n) is 2.54. The van der Waals surface area contributed by atoms with Gasteiger partial charge in [0, 0.05) is 5.92 Å². The molecular formula is C16H27NO5. The summed E-state index contributed by atoms with van der Waals surface area (Å²) in [5.41, 5.74) is -0.634. The highest BCUT2D eigenvalue weighted by molar-refractivity contribution is 5.88. The Morgan fingerprint density at radius 3 is 2.23 bits per heavy atom. The zero-order valence-corrected chi connectivity index (χ0v) is 13.9. The van der Waals surface area contributed by atoms with E-state index in [1.54, 1.807) is 20.8 Å². The van der Waals surface area contributed by atoms with Gasteiger partial charge < -0.3 is 14.8 Å². The van der Waals surface area contributed by atoms with E-state index in [9.17, 15) is 14.4 Å². The van der Waals surface area contributed by atoms with Crippen LogP contribution < -0.4 is 5.32 Å². The molecule has 22 heavy (non-hydrogen) atoms. The Hall–Kier alpha value is -1.59. The number of nitrogens with one attached hydrogen (secondary N) is 1. The third-order valence-corrected chi connectivity index (χ3v) is 3.57. The molecule has 0 saturated heterocycles. The molecule has 1 amide bonds. The van der Waals surface area contributed by atoms with Crippen molar-refractivity contribution in [1.82, 2.24) is 5.32 Å². The lowest BCUT2D eigenvalue weighted by Crippen LogP contribution is -2.46. The van der Waals surface area contributed by atoms with E-state index in [1.807, 2.05) is 0 Å². The zero-order chi connectivity index (χ0) is 16.8. The fraction of sp³-hybridized carbons (Fsp3) is 0.812. The van der Waals surface area contributed by atoms with Crippen LogP contribution in [0.1, 0.15) is 59.3 Å². The number of hydrogen-bond acceptors (Lipinski definition) is 5. The molecule has 0 aromatic rings. The van der Waals surface area contributed by atoms with E-state index in [0.717, 1.165) is 32.1 Å². The molecule has 0 aromatic carbocycles. The molecule has 126 valence electrons. The number of carbonyl (C=O) groups excluding carboxylic acids is 3. The van der Waals surface area contributed by atoms with Crippen molar-refractivity contribution in [2.24, 2.45) is 5.92 Å². The highest BCUT2D eigenvalue weighted by Gasteiger charge is 2.30. The molecule has 0 aliphatic heterocycles. The second-order valence-electron chi connectivity index (χ2n) is 6.71.